The van der Waals surface area contributed by atoms with Crippen LogP contribution in [0.3, 0.4) is 0 Å². The highest BCUT2D eigenvalue weighted by Crippen LogP contribution is 2.24. The highest BCUT2D eigenvalue weighted by Gasteiger charge is 2.25. The molecule has 0 saturated heterocycles. The minimum atomic E-state index is -3.68. The lowest BCUT2D eigenvalue weighted by atomic mass is 10.3. The van der Waals surface area contributed by atoms with E-state index in [9.17, 15) is 8.42 Å². The van der Waals surface area contributed by atoms with Gasteiger partial charge < -0.3 is 0 Å². The molecule has 0 saturated carbocycles. The SMILES string of the molecule is Cc1nn(C)c(NS(=O)(=O)c2c(C)nn(C)c2C)c1C. The van der Waals surface area contributed by atoms with Crippen molar-refractivity contribution in [3.05, 3.63) is 22.6 Å². The molecule has 2 heterocycles. The van der Waals surface area contributed by atoms with E-state index in [1.165, 1.54) is 4.68 Å². The number of nitrogens with zero attached hydrogens (tertiary/aromatic N) is 4. The van der Waals surface area contributed by atoms with Crippen LogP contribution in [-0.4, -0.2) is 28.0 Å². The molecule has 0 fully saturated rings. The largest absolute Gasteiger partial charge is 0.271 e. The summed E-state index contributed by atoms with van der Waals surface area (Å²) in [6.45, 7) is 7.09. The maximum Gasteiger partial charge on any atom is 0.266 e. The number of rotatable bonds is 3. The molecule has 0 amide bonds. The topological polar surface area (TPSA) is 81.8 Å². The summed E-state index contributed by atoms with van der Waals surface area (Å²) in [4.78, 5) is 0.221. The van der Waals surface area contributed by atoms with Crippen LogP contribution in [0.25, 0.3) is 0 Å². The second-order valence-electron chi connectivity index (χ2n) is 4.91. The number of nitrogens with one attached hydrogen (secondary N) is 1. The third-order valence-electron chi connectivity index (χ3n) is 3.46. The summed E-state index contributed by atoms with van der Waals surface area (Å²) in [7, 11) is -0.247. The lowest BCUT2D eigenvalue weighted by molar-refractivity contribution is 0.598. The first-order valence-electron chi connectivity index (χ1n) is 6.18. The van der Waals surface area contributed by atoms with E-state index < -0.39 is 10.0 Å². The van der Waals surface area contributed by atoms with Crippen molar-refractivity contribution in [1.29, 1.82) is 0 Å². The van der Waals surface area contributed by atoms with Crippen LogP contribution in [0, 0.1) is 27.7 Å². The molecule has 0 atom stereocenters. The van der Waals surface area contributed by atoms with Crippen molar-refractivity contribution in [3.63, 3.8) is 0 Å². The van der Waals surface area contributed by atoms with Crippen LogP contribution < -0.4 is 4.72 Å². The summed E-state index contributed by atoms with van der Waals surface area (Å²) in [5, 5.41) is 8.35. The van der Waals surface area contributed by atoms with E-state index in [4.69, 9.17) is 0 Å². The van der Waals surface area contributed by atoms with Crippen LogP contribution >= 0.6 is 0 Å². The molecule has 20 heavy (non-hydrogen) atoms. The molecule has 0 bridgehead atoms. The van der Waals surface area contributed by atoms with Crippen LogP contribution in [-0.2, 0) is 24.1 Å². The van der Waals surface area contributed by atoms with Gasteiger partial charge in [-0.25, -0.2) is 8.42 Å². The van der Waals surface area contributed by atoms with Gasteiger partial charge >= 0.3 is 0 Å². The first-order valence-corrected chi connectivity index (χ1v) is 7.66. The Labute approximate surface area is 118 Å². The fourth-order valence-corrected chi connectivity index (χ4v) is 3.82. The van der Waals surface area contributed by atoms with Crippen molar-refractivity contribution >= 4 is 15.8 Å². The van der Waals surface area contributed by atoms with E-state index in [1.807, 2.05) is 13.8 Å². The van der Waals surface area contributed by atoms with Crippen LogP contribution in [0.15, 0.2) is 4.90 Å². The number of hydrogen-bond acceptors (Lipinski definition) is 4. The van der Waals surface area contributed by atoms with Gasteiger partial charge in [0.15, 0.2) is 0 Å². The number of hydrogen-bond donors (Lipinski definition) is 1. The van der Waals surface area contributed by atoms with Gasteiger partial charge in [0.05, 0.1) is 17.1 Å². The molecule has 0 spiro atoms. The minimum absolute atomic E-state index is 0.221. The summed E-state index contributed by atoms with van der Waals surface area (Å²) in [5.41, 5.74) is 2.70. The Balaban J connectivity index is 2.52. The second-order valence-corrected chi connectivity index (χ2v) is 6.53. The third-order valence-corrected chi connectivity index (χ3v) is 5.05. The van der Waals surface area contributed by atoms with Gasteiger partial charge in [-0.3, -0.25) is 14.1 Å². The summed E-state index contributed by atoms with van der Waals surface area (Å²) in [6.07, 6.45) is 0. The van der Waals surface area contributed by atoms with Crippen molar-refractivity contribution in [2.24, 2.45) is 14.1 Å². The van der Waals surface area contributed by atoms with Gasteiger partial charge in [-0.15, -0.1) is 0 Å². The van der Waals surface area contributed by atoms with E-state index in [0.29, 0.717) is 17.2 Å². The van der Waals surface area contributed by atoms with E-state index in [1.54, 1.807) is 32.6 Å². The fraction of sp³-hybridized carbons (Fsp3) is 0.500. The fourth-order valence-electron chi connectivity index (χ4n) is 2.23. The zero-order chi connectivity index (χ0) is 15.2. The van der Waals surface area contributed by atoms with Gasteiger partial charge in [0.1, 0.15) is 10.7 Å². The molecule has 0 radical (unpaired) electrons. The number of sulfonamides is 1. The second kappa shape index (κ2) is 4.62. The van der Waals surface area contributed by atoms with E-state index in [2.05, 4.69) is 14.9 Å². The molecule has 8 heteroatoms. The summed E-state index contributed by atoms with van der Waals surface area (Å²) < 4.78 is 30.8. The summed E-state index contributed by atoms with van der Waals surface area (Å²) in [6, 6.07) is 0. The van der Waals surface area contributed by atoms with E-state index in [0.717, 1.165) is 11.3 Å². The number of anilines is 1. The molecule has 0 aliphatic carbocycles. The van der Waals surface area contributed by atoms with Gasteiger partial charge in [-0.05, 0) is 27.7 Å². The number of aryl methyl sites for hydroxylation is 4. The van der Waals surface area contributed by atoms with Gasteiger partial charge in [0, 0.05) is 19.7 Å². The standard InChI is InChI=1S/C12H19N5O2S/c1-7-8(2)13-17(6)12(7)15-20(18,19)11-9(3)14-16(5)10(11)4/h15H,1-6H3. The Morgan fingerprint density at radius 1 is 0.950 bits per heavy atom. The van der Waals surface area contributed by atoms with Crippen molar-refractivity contribution in [3.8, 4) is 0 Å². The molecule has 0 aliphatic heterocycles. The molecule has 0 aromatic carbocycles. The first-order chi connectivity index (χ1) is 9.15. The average molecular weight is 297 g/mol. The Morgan fingerprint density at radius 3 is 1.90 bits per heavy atom. The monoisotopic (exact) mass is 297 g/mol. The smallest absolute Gasteiger partial charge is 0.266 e. The molecule has 1 N–H and O–H groups in total. The minimum Gasteiger partial charge on any atom is -0.271 e. The Bertz CT molecular complexity index is 770. The van der Waals surface area contributed by atoms with Gasteiger partial charge in [0.25, 0.3) is 10.0 Å². The molecular weight excluding hydrogens is 278 g/mol. The van der Waals surface area contributed by atoms with Gasteiger partial charge in [-0.1, -0.05) is 0 Å². The normalized spacial score (nSPS) is 11.9. The van der Waals surface area contributed by atoms with Crippen molar-refractivity contribution < 1.29 is 8.42 Å². The molecular formula is C12H19N5O2S. The maximum atomic E-state index is 12.6. The number of aromatic nitrogens is 4. The highest BCUT2D eigenvalue weighted by molar-refractivity contribution is 7.92. The lowest BCUT2D eigenvalue weighted by Gasteiger charge is -2.09. The molecule has 2 aromatic rings. The average Bonchev–Trinajstić information content (AvgIpc) is 2.70. The Morgan fingerprint density at radius 2 is 1.50 bits per heavy atom. The predicted octanol–water partition coefficient (Wildman–Crippen LogP) is 1.19. The van der Waals surface area contributed by atoms with Crippen molar-refractivity contribution in [2.45, 2.75) is 32.6 Å². The first kappa shape index (κ1) is 14.6. The Kier molecular flexibility index (Phi) is 3.37. The van der Waals surface area contributed by atoms with E-state index in [-0.39, 0.29) is 4.90 Å². The molecule has 0 aliphatic rings. The van der Waals surface area contributed by atoms with Gasteiger partial charge in [0.2, 0.25) is 0 Å². The molecule has 2 aromatic heterocycles. The molecule has 7 nitrogen and oxygen atoms in total. The quantitative estimate of drug-likeness (QED) is 0.922. The van der Waals surface area contributed by atoms with E-state index >= 15 is 0 Å². The highest BCUT2D eigenvalue weighted by atomic mass is 32.2. The van der Waals surface area contributed by atoms with Crippen LogP contribution in [0.2, 0.25) is 0 Å². The van der Waals surface area contributed by atoms with Crippen LogP contribution in [0.4, 0.5) is 5.82 Å². The lowest BCUT2D eigenvalue weighted by Crippen LogP contribution is -2.17. The molecule has 110 valence electrons. The summed E-state index contributed by atoms with van der Waals surface area (Å²) >= 11 is 0. The predicted molar refractivity (Wildman–Crippen MR) is 76.2 cm³/mol. The molecule has 2 rings (SSSR count). The summed E-state index contributed by atoms with van der Waals surface area (Å²) in [5.74, 6) is 0.477. The van der Waals surface area contributed by atoms with Crippen molar-refractivity contribution in [1.82, 2.24) is 19.6 Å². The third kappa shape index (κ3) is 2.20. The molecule has 0 unspecified atom stereocenters. The Hall–Kier alpha value is -1.83. The zero-order valence-electron chi connectivity index (χ0n) is 12.5. The van der Waals surface area contributed by atoms with Gasteiger partial charge in [-0.2, -0.15) is 10.2 Å². The van der Waals surface area contributed by atoms with Crippen LogP contribution in [0.1, 0.15) is 22.6 Å². The zero-order valence-corrected chi connectivity index (χ0v) is 13.3. The maximum absolute atomic E-state index is 12.6. The van der Waals surface area contributed by atoms with Crippen molar-refractivity contribution in [2.75, 3.05) is 4.72 Å². The van der Waals surface area contributed by atoms with Crippen LogP contribution in [0.5, 0.6) is 0 Å².